The molecule has 8 nitrogen and oxygen atoms in total. The van der Waals surface area contributed by atoms with Gasteiger partial charge in [-0.05, 0) is 15.9 Å². The highest BCUT2D eigenvalue weighted by Crippen LogP contribution is 2.15. The number of aromatic nitrogens is 2. The maximum atomic E-state index is 11.4. The van der Waals surface area contributed by atoms with Gasteiger partial charge in [-0.15, -0.1) is 0 Å². The van der Waals surface area contributed by atoms with Gasteiger partial charge in [0, 0.05) is 38.6 Å². The van der Waals surface area contributed by atoms with Gasteiger partial charge in [-0.1, -0.05) is 0 Å². The van der Waals surface area contributed by atoms with E-state index < -0.39 is 6.03 Å². The number of urea groups is 1. The second-order valence-corrected chi connectivity index (χ2v) is 5.88. The number of imide groups is 1. The number of carbonyl (C=O) groups excluding carboxylic acids is 2. The van der Waals surface area contributed by atoms with Crippen LogP contribution in [0, 0.1) is 0 Å². The van der Waals surface area contributed by atoms with E-state index in [0.717, 1.165) is 30.7 Å². The first-order valence-electron chi connectivity index (χ1n) is 6.69. The van der Waals surface area contributed by atoms with E-state index in [9.17, 15) is 9.59 Å². The van der Waals surface area contributed by atoms with Gasteiger partial charge >= 0.3 is 6.03 Å². The summed E-state index contributed by atoms with van der Waals surface area (Å²) in [6.45, 7) is 3.01. The zero-order valence-electron chi connectivity index (χ0n) is 11.3. The summed E-state index contributed by atoms with van der Waals surface area (Å²) in [6, 6.07) is -0.421. The highest BCUT2D eigenvalue weighted by molar-refractivity contribution is 9.10. The summed E-state index contributed by atoms with van der Waals surface area (Å²) in [5, 5.41) is 5.02. The zero-order valence-corrected chi connectivity index (χ0v) is 12.8. The smallest absolute Gasteiger partial charge is 0.322 e. The Bertz CT molecular complexity index is 527. The Kier molecular flexibility index (Phi) is 4.02. The number of rotatable bonds is 2. The molecular formula is C12H15BrN6O2. The topological polar surface area (TPSA) is 90.5 Å². The number of nitrogens with zero attached hydrogens (tertiary/aromatic N) is 4. The average molecular weight is 355 g/mol. The van der Waals surface area contributed by atoms with E-state index >= 15 is 0 Å². The standard InChI is InChI=1S/C12H15BrN6O2/c13-8-6-14-11(15-7-8)19-3-1-18(2-4-19)9-5-10(20)17-12(21)16-9/h6-7,9H,1-5H2,(H2,16,17,20,21). The fourth-order valence-corrected chi connectivity index (χ4v) is 2.72. The first-order chi connectivity index (χ1) is 10.1. The lowest BCUT2D eigenvalue weighted by Crippen LogP contribution is -2.62. The van der Waals surface area contributed by atoms with E-state index in [1.807, 2.05) is 0 Å². The van der Waals surface area contributed by atoms with E-state index in [1.165, 1.54) is 0 Å². The predicted molar refractivity (Wildman–Crippen MR) is 78.6 cm³/mol. The Morgan fingerprint density at radius 1 is 1.14 bits per heavy atom. The van der Waals surface area contributed by atoms with Gasteiger partial charge in [0.2, 0.25) is 11.9 Å². The number of amides is 3. The lowest BCUT2D eigenvalue weighted by atomic mass is 10.2. The van der Waals surface area contributed by atoms with Crippen molar-refractivity contribution < 1.29 is 9.59 Å². The molecule has 112 valence electrons. The van der Waals surface area contributed by atoms with E-state index in [0.29, 0.717) is 12.4 Å². The first kappa shape index (κ1) is 14.2. The van der Waals surface area contributed by atoms with Crippen LogP contribution in [0.3, 0.4) is 0 Å². The lowest BCUT2D eigenvalue weighted by Gasteiger charge is -2.40. The van der Waals surface area contributed by atoms with Crippen molar-refractivity contribution in [2.75, 3.05) is 31.1 Å². The van der Waals surface area contributed by atoms with Crippen molar-refractivity contribution in [3.05, 3.63) is 16.9 Å². The van der Waals surface area contributed by atoms with Gasteiger partial charge in [-0.2, -0.15) is 0 Å². The Morgan fingerprint density at radius 2 is 1.81 bits per heavy atom. The van der Waals surface area contributed by atoms with E-state index in [1.54, 1.807) is 12.4 Å². The molecule has 9 heteroatoms. The Morgan fingerprint density at radius 3 is 2.43 bits per heavy atom. The average Bonchev–Trinajstić information content (AvgIpc) is 2.47. The molecule has 1 atom stereocenters. The van der Waals surface area contributed by atoms with Crippen molar-refractivity contribution in [3.63, 3.8) is 0 Å². The second-order valence-electron chi connectivity index (χ2n) is 4.97. The van der Waals surface area contributed by atoms with Crippen LogP contribution in [0.15, 0.2) is 16.9 Å². The number of piperazine rings is 1. The third kappa shape index (κ3) is 3.30. The van der Waals surface area contributed by atoms with Gasteiger partial charge < -0.3 is 10.2 Å². The van der Waals surface area contributed by atoms with Crippen molar-refractivity contribution >= 4 is 33.8 Å². The molecule has 2 aliphatic rings. The largest absolute Gasteiger partial charge is 0.338 e. The lowest BCUT2D eigenvalue weighted by molar-refractivity contribution is -0.122. The molecule has 0 saturated carbocycles. The second kappa shape index (κ2) is 5.94. The number of halogens is 1. The molecule has 1 unspecified atom stereocenters. The Balaban J connectivity index is 1.58. The molecule has 2 N–H and O–H groups in total. The van der Waals surface area contributed by atoms with Crippen molar-refractivity contribution in [2.24, 2.45) is 0 Å². The molecule has 0 bridgehead atoms. The highest BCUT2D eigenvalue weighted by Gasteiger charge is 2.31. The summed E-state index contributed by atoms with van der Waals surface area (Å²) in [7, 11) is 0. The number of anilines is 1. The predicted octanol–water partition coefficient (Wildman–Crippen LogP) is -0.0833. The monoisotopic (exact) mass is 354 g/mol. The molecule has 1 aromatic heterocycles. The van der Waals surface area contributed by atoms with Crippen LogP contribution in [0.1, 0.15) is 6.42 Å². The molecule has 0 spiro atoms. The quantitative estimate of drug-likeness (QED) is 0.771. The normalized spacial score (nSPS) is 23.7. The summed E-state index contributed by atoms with van der Waals surface area (Å²) >= 11 is 3.31. The van der Waals surface area contributed by atoms with Crippen molar-refractivity contribution in [1.82, 2.24) is 25.5 Å². The van der Waals surface area contributed by atoms with Crippen molar-refractivity contribution in [1.29, 1.82) is 0 Å². The molecule has 3 rings (SSSR count). The van der Waals surface area contributed by atoms with E-state index in [2.05, 4.69) is 46.3 Å². The number of carbonyl (C=O) groups is 2. The van der Waals surface area contributed by atoms with E-state index in [-0.39, 0.29) is 12.1 Å². The van der Waals surface area contributed by atoms with E-state index in [4.69, 9.17) is 0 Å². The van der Waals surface area contributed by atoms with Crippen LogP contribution in [0.2, 0.25) is 0 Å². The zero-order chi connectivity index (χ0) is 14.8. The minimum Gasteiger partial charge on any atom is -0.338 e. The molecule has 2 saturated heterocycles. The van der Waals surface area contributed by atoms with Crippen LogP contribution in [-0.2, 0) is 4.79 Å². The maximum absolute atomic E-state index is 11.4. The number of nitrogens with one attached hydrogen (secondary N) is 2. The van der Waals surface area contributed by atoms with Crippen LogP contribution in [-0.4, -0.2) is 59.2 Å². The SMILES string of the molecule is O=C1CC(N2CCN(c3ncc(Br)cn3)CC2)NC(=O)N1. The molecule has 0 radical (unpaired) electrons. The van der Waals surface area contributed by atoms with Gasteiger partial charge in [0.25, 0.3) is 0 Å². The molecule has 1 aromatic rings. The minimum absolute atomic E-state index is 0.223. The summed E-state index contributed by atoms with van der Waals surface area (Å²) in [6.07, 6.45) is 3.51. The summed E-state index contributed by atoms with van der Waals surface area (Å²) in [5.41, 5.74) is 0. The summed E-state index contributed by atoms with van der Waals surface area (Å²) in [5.74, 6) is 0.464. The molecule has 0 aromatic carbocycles. The van der Waals surface area contributed by atoms with Gasteiger partial charge in [0.05, 0.1) is 17.1 Å². The van der Waals surface area contributed by atoms with Gasteiger partial charge in [0.1, 0.15) is 0 Å². The van der Waals surface area contributed by atoms with Crippen LogP contribution in [0.25, 0.3) is 0 Å². The maximum Gasteiger partial charge on any atom is 0.322 e. The minimum atomic E-state index is -0.421. The van der Waals surface area contributed by atoms with Crippen LogP contribution < -0.4 is 15.5 Å². The summed E-state index contributed by atoms with van der Waals surface area (Å²) < 4.78 is 0.848. The molecule has 21 heavy (non-hydrogen) atoms. The Labute approximate surface area is 130 Å². The van der Waals surface area contributed by atoms with Gasteiger partial charge in [-0.25, -0.2) is 14.8 Å². The van der Waals surface area contributed by atoms with Gasteiger partial charge in [-0.3, -0.25) is 15.0 Å². The van der Waals surface area contributed by atoms with Gasteiger partial charge in [0.15, 0.2) is 0 Å². The number of hydrogen-bond donors (Lipinski definition) is 2. The molecule has 2 fully saturated rings. The van der Waals surface area contributed by atoms with Crippen LogP contribution >= 0.6 is 15.9 Å². The molecule has 3 heterocycles. The third-order valence-electron chi connectivity index (χ3n) is 3.57. The Hall–Kier alpha value is -1.74. The third-order valence-corrected chi connectivity index (χ3v) is 3.98. The molecule has 3 amide bonds. The first-order valence-corrected chi connectivity index (χ1v) is 7.48. The number of hydrogen-bond acceptors (Lipinski definition) is 6. The molecule has 0 aliphatic carbocycles. The molecule has 2 aliphatic heterocycles. The highest BCUT2D eigenvalue weighted by atomic mass is 79.9. The molecular weight excluding hydrogens is 340 g/mol. The fourth-order valence-electron chi connectivity index (χ4n) is 2.51. The fraction of sp³-hybridized carbons (Fsp3) is 0.500. The van der Waals surface area contributed by atoms with Crippen molar-refractivity contribution in [2.45, 2.75) is 12.6 Å². The van der Waals surface area contributed by atoms with Crippen LogP contribution in [0.4, 0.5) is 10.7 Å². The van der Waals surface area contributed by atoms with Crippen LogP contribution in [0.5, 0.6) is 0 Å². The summed E-state index contributed by atoms with van der Waals surface area (Å²) in [4.78, 5) is 35.5. The van der Waals surface area contributed by atoms with Crippen molar-refractivity contribution in [3.8, 4) is 0 Å².